The molecule has 0 saturated carbocycles. The summed E-state index contributed by atoms with van der Waals surface area (Å²) in [4.78, 5) is 0. The summed E-state index contributed by atoms with van der Waals surface area (Å²) in [6, 6.07) is 31.7. The second-order valence-corrected chi connectivity index (χ2v) is 14.4. The van der Waals surface area contributed by atoms with Gasteiger partial charge in [0, 0.05) is 5.66 Å². The van der Waals surface area contributed by atoms with E-state index in [9.17, 15) is 43.9 Å². The largest absolute Gasteiger partial charge is 4.00 e. The van der Waals surface area contributed by atoms with Crippen molar-refractivity contribution in [1.29, 1.82) is 0 Å². The van der Waals surface area contributed by atoms with Gasteiger partial charge in [0.25, 0.3) is 0 Å². The maximum atomic E-state index is 13.4. The monoisotopic (exact) mass is 887 g/mol. The van der Waals surface area contributed by atoms with Crippen molar-refractivity contribution < 1.29 is 94.9 Å². The molecular weight excluding hydrogens is 862 g/mol. The summed E-state index contributed by atoms with van der Waals surface area (Å²) >= 11 is 0. The topological polar surface area (TPSA) is 0 Å². The molecule has 0 N–H and O–H groups in total. The summed E-state index contributed by atoms with van der Waals surface area (Å²) in [5.41, 5.74) is 4.06. The summed E-state index contributed by atoms with van der Waals surface area (Å²) in [6.07, 6.45) is 2.60. The number of halogens is 12. The molecule has 0 amide bonds. The molecule has 6 aromatic rings. The Labute approximate surface area is 339 Å². The summed E-state index contributed by atoms with van der Waals surface area (Å²) in [5, 5.41) is 2.69. The molecule has 1 aliphatic carbocycles. The molecule has 1 atom stereocenters. The molecule has 6 aromatic carbocycles. The Morgan fingerprint density at radius 3 is 1.56 bits per heavy atom. The second-order valence-electron chi connectivity index (χ2n) is 11.5. The molecule has 0 heterocycles. The van der Waals surface area contributed by atoms with Crippen LogP contribution in [-0.4, -0.2) is 19.6 Å². The Morgan fingerprint density at radius 2 is 1.06 bits per heavy atom. The number of hydrogen-bond donors (Lipinski definition) is 0. The van der Waals surface area contributed by atoms with Gasteiger partial charge in [-0.1, -0.05) is 64.6 Å². The number of aryl methyl sites for hydroxylation is 1. The van der Waals surface area contributed by atoms with E-state index >= 15 is 0 Å². The first kappa shape index (κ1) is 47.1. The Morgan fingerprint density at radius 1 is 0.611 bits per heavy atom. The standard InChI is InChI=1S/C17H18P.C12BF10.C10H9.2ClH.Zr/c1-3-18(4-2)17-15-11-7-5-9-13(15)14-10-6-8-12-16(14)17;14-3-1(4(15)8(19)11(22)7(3)18)13-2-5(16)9(20)12(23)10(21)6(2)17;1-8-6-9-4-2-3-5-10(9)7-8;;;/h5-11,17H,3-4H2,1-2H3;;2-7H,1H3;2*1H;/q-1;;-1;;;+4/p-2. The van der Waals surface area contributed by atoms with Gasteiger partial charge in [-0.2, -0.15) is 30.3 Å². The second kappa shape index (κ2) is 20.2. The molecule has 0 nitrogen and oxygen atoms in total. The van der Waals surface area contributed by atoms with E-state index in [2.05, 4.69) is 106 Å². The fourth-order valence-electron chi connectivity index (χ4n) is 5.96. The van der Waals surface area contributed by atoms with E-state index in [1.165, 1.54) is 50.9 Å². The molecule has 0 aromatic heterocycles. The molecule has 1 aliphatic rings. The van der Waals surface area contributed by atoms with Gasteiger partial charge < -0.3 is 24.8 Å². The first-order valence-electron chi connectivity index (χ1n) is 15.7. The van der Waals surface area contributed by atoms with Crippen molar-refractivity contribution >= 4 is 36.9 Å². The average Bonchev–Trinajstić information content (AvgIpc) is 3.69. The molecule has 15 heteroatoms. The molecule has 0 spiro atoms. The van der Waals surface area contributed by atoms with Crippen LogP contribution >= 0.6 is 7.92 Å². The van der Waals surface area contributed by atoms with Crippen LogP contribution in [0.1, 0.15) is 36.2 Å². The maximum Gasteiger partial charge on any atom is 4.00 e. The van der Waals surface area contributed by atoms with Gasteiger partial charge in [-0.25, -0.2) is 43.9 Å². The van der Waals surface area contributed by atoms with Crippen LogP contribution in [0.2, 0.25) is 0 Å². The number of fused-ring (bicyclic) bond motifs is 4. The molecule has 54 heavy (non-hydrogen) atoms. The molecule has 0 aliphatic heterocycles. The zero-order valence-corrected chi connectivity index (χ0v) is 33.4. The van der Waals surface area contributed by atoms with Gasteiger partial charge in [0.1, 0.15) is 0 Å². The van der Waals surface area contributed by atoms with Crippen LogP contribution < -0.4 is 35.7 Å². The molecule has 279 valence electrons. The van der Waals surface area contributed by atoms with Gasteiger partial charge in [-0.05, 0) is 28.8 Å². The van der Waals surface area contributed by atoms with Crippen molar-refractivity contribution in [2.75, 3.05) is 12.3 Å². The Kier molecular flexibility index (Phi) is 17.6. The summed E-state index contributed by atoms with van der Waals surface area (Å²) in [6.45, 7) is 6.79. The van der Waals surface area contributed by atoms with Gasteiger partial charge in [0.05, 0.1) is 0 Å². The summed E-state index contributed by atoms with van der Waals surface area (Å²) in [7, 11) is -0.330. The van der Waals surface area contributed by atoms with E-state index in [1.54, 1.807) is 0 Å². The SMILES string of the molecule is CCP(CC)C1c2[c-]cccc2-c2ccccc21.Cc1cc2ccccc2[cH-]1.Fc1c(F)c(F)c([B]c2c(F)c(F)c(F)c(F)c2F)c(F)c1F.[Cl-].[Cl-].[Zr+4]. The van der Waals surface area contributed by atoms with Crippen molar-refractivity contribution in [3.8, 4) is 11.1 Å². The third kappa shape index (κ3) is 9.32. The number of benzene rings is 5. The zero-order chi connectivity index (χ0) is 37.1. The van der Waals surface area contributed by atoms with Crippen molar-refractivity contribution in [2.24, 2.45) is 0 Å². The van der Waals surface area contributed by atoms with E-state index in [1.807, 2.05) is 0 Å². The van der Waals surface area contributed by atoms with E-state index in [0.717, 1.165) is 0 Å². The predicted molar refractivity (Wildman–Crippen MR) is 182 cm³/mol. The van der Waals surface area contributed by atoms with Gasteiger partial charge in [-0.3, -0.25) is 0 Å². The van der Waals surface area contributed by atoms with Crippen LogP contribution in [0.4, 0.5) is 43.9 Å². The third-order valence-corrected chi connectivity index (χ3v) is 11.3. The van der Waals surface area contributed by atoms with Crippen molar-refractivity contribution in [2.45, 2.75) is 26.4 Å². The molecule has 0 bridgehead atoms. The predicted octanol–water partition coefficient (Wildman–Crippen LogP) is 4.68. The van der Waals surface area contributed by atoms with Crippen LogP contribution in [0.15, 0.2) is 78.9 Å². The Balaban J connectivity index is 0.000000290. The van der Waals surface area contributed by atoms with Crippen LogP contribution in [-0.2, 0) is 26.2 Å². The van der Waals surface area contributed by atoms with Crippen LogP contribution in [0.5, 0.6) is 0 Å². The fraction of sp³-hybridized carbons (Fsp3) is 0.154. The third-order valence-electron chi connectivity index (χ3n) is 8.42. The maximum absolute atomic E-state index is 13.4. The molecule has 1 radical (unpaired) electrons. The Bertz CT molecular complexity index is 2020. The van der Waals surface area contributed by atoms with Gasteiger partial charge in [0.2, 0.25) is 7.28 Å². The molecule has 1 unspecified atom stereocenters. The zero-order valence-electron chi connectivity index (χ0n) is 28.6. The first-order chi connectivity index (χ1) is 24.3. The minimum atomic E-state index is -2.55. The van der Waals surface area contributed by atoms with Gasteiger partial charge in [-0.15, -0.1) is 51.7 Å². The molecular formula is C39H27BCl2F10PZr. The van der Waals surface area contributed by atoms with Crippen molar-refractivity contribution in [3.63, 3.8) is 0 Å². The smallest absolute Gasteiger partial charge is 1.00 e. The van der Waals surface area contributed by atoms with Gasteiger partial charge in [0.15, 0.2) is 58.2 Å². The van der Waals surface area contributed by atoms with Crippen molar-refractivity contribution in [3.05, 3.63) is 160 Å². The van der Waals surface area contributed by atoms with Crippen LogP contribution in [0.3, 0.4) is 0 Å². The summed E-state index contributed by atoms with van der Waals surface area (Å²) in [5.74, 6) is -24.9. The Hall–Kier alpha value is -3.03. The number of rotatable bonds is 5. The first-order valence-corrected chi connectivity index (χ1v) is 17.4. The van der Waals surface area contributed by atoms with E-state index in [4.69, 9.17) is 0 Å². The minimum absolute atomic E-state index is 0. The molecule has 7 rings (SSSR count). The van der Waals surface area contributed by atoms with E-state index < -0.39 is 69.1 Å². The van der Waals surface area contributed by atoms with Crippen LogP contribution in [0, 0.1) is 71.2 Å². The fourth-order valence-corrected chi connectivity index (χ4v) is 8.34. The normalized spacial score (nSPS) is 12.2. The van der Waals surface area contributed by atoms with Crippen LogP contribution in [0.25, 0.3) is 21.9 Å². The molecule has 0 fully saturated rings. The average molecular weight is 890 g/mol. The van der Waals surface area contributed by atoms with E-state index in [0.29, 0.717) is 5.66 Å². The quantitative estimate of drug-likeness (QED) is 0.0590. The van der Waals surface area contributed by atoms with Gasteiger partial charge >= 0.3 is 26.2 Å². The summed E-state index contributed by atoms with van der Waals surface area (Å²) < 4.78 is 131. The minimum Gasteiger partial charge on any atom is -1.00 e. The van der Waals surface area contributed by atoms with E-state index in [-0.39, 0.29) is 66.2 Å². The van der Waals surface area contributed by atoms with Crippen molar-refractivity contribution in [1.82, 2.24) is 0 Å². The molecule has 0 saturated heterocycles. The number of hydrogen-bond acceptors (Lipinski definition) is 0.